The molecule has 1 aromatic heterocycles. The van der Waals surface area contributed by atoms with Crippen molar-refractivity contribution in [1.29, 1.82) is 0 Å². The van der Waals surface area contributed by atoms with E-state index < -0.39 is 0 Å². The summed E-state index contributed by atoms with van der Waals surface area (Å²) in [6.07, 6.45) is 0. The maximum atomic E-state index is 6.36. The summed E-state index contributed by atoms with van der Waals surface area (Å²) < 4.78 is 2.11. The first-order valence-electron chi connectivity index (χ1n) is 6.88. The van der Waals surface area contributed by atoms with Crippen molar-refractivity contribution in [3.8, 4) is 5.69 Å². The number of aromatic nitrogens is 2. The summed E-state index contributed by atoms with van der Waals surface area (Å²) in [6, 6.07) is 12.1. The van der Waals surface area contributed by atoms with E-state index in [2.05, 4.69) is 23.6 Å². The molecular formula is C17H16Cl2N2. The van der Waals surface area contributed by atoms with Gasteiger partial charge in [-0.15, -0.1) is 11.6 Å². The third-order valence-electron chi connectivity index (χ3n) is 3.75. The zero-order chi connectivity index (χ0) is 15.1. The molecule has 1 atom stereocenters. The highest BCUT2D eigenvalue weighted by Crippen LogP contribution is 2.32. The molecule has 3 rings (SSSR count). The van der Waals surface area contributed by atoms with Gasteiger partial charge < -0.3 is 0 Å². The second-order valence-corrected chi connectivity index (χ2v) is 6.31. The summed E-state index contributed by atoms with van der Waals surface area (Å²) in [5, 5.41) is 0.561. The van der Waals surface area contributed by atoms with E-state index in [1.165, 1.54) is 0 Å². The van der Waals surface area contributed by atoms with E-state index in [0.717, 1.165) is 38.7 Å². The monoisotopic (exact) mass is 318 g/mol. The Bertz CT molecular complexity index is 819. The van der Waals surface area contributed by atoms with Gasteiger partial charge in [0.1, 0.15) is 5.82 Å². The number of para-hydroxylation sites is 1. The average molecular weight is 319 g/mol. The van der Waals surface area contributed by atoms with Crippen molar-refractivity contribution < 1.29 is 0 Å². The summed E-state index contributed by atoms with van der Waals surface area (Å²) in [5.74, 6) is 0.839. The zero-order valence-corrected chi connectivity index (χ0v) is 13.7. The van der Waals surface area contributed by atoms with E-state index in [9.17, 15) is 0 Å². The first kappa shape index (κ1) is 14.4. The topological polar surface area (TPSA) is 17.8 Å². The van der Waals surface area contributed by atoms with Crippen molar-refractivity contribution in [2.75, 3.05) is 0 Å². The molecule has 4 heteroatoms. The Morgan fingerprint density at radius 3 is 2.52 bits per heavy atom. The SMILES string of the molecule is Cc1c(Cl)cccc1-n1c(C(C)Cl)nc2c(C)cccc21. The number of hydrogen-bond acceptors (Lipinski definition) is 1. The summed E-state index contributed by atoms with van der Waals surface area (Å²) in [4.78, 5) is 4.75. The molecular weight excluding hydrogens is 303 g/mol. The van der Waals surface area contributed by atoms with Crippen molar-refractivity contribution in [2.45, 2.75) is 26.1 Å². The highest BCUT2D eigenvalue weighted by atomic mass is 35.5. The van der Waals surface area contributed by atoms with Crippen LogP contribution in [0.5, 0.6) is 0 Å². The molecule has 1 unspecified atom stereocenters. The van der Waals surface area contributed by atoms with E-state index >= 15 is 0 Å². The van der Waals surface area contributed by atoms with Crippen LogP contribution in [-0.2, 0) is 0 Å². The summed E-state index contributed by atoms with van der Waals surface area (Å²) in [6.45, 7) is 6.02. The van der Waals surface area contributed by atoms with Crippen molar-refractivity contribution in [2.24, 2.45) is 0 Å². The van der Waals surface area contributed by atoms with Crippen LogP contribution in [0.25, 0.3) is 16.7 Å². The molecule has 0 saturated carbocycles. The van der Waals surface area contributed by atoms with Crippen molar-refractivity contribution in [3.63, 3.8) is 0 Å². The molecule has 0 aliphatic heterocycles. The number of imidazole rings is 1. The Kier molecular flexibility index (Phi) is 3.68. The third-order valence-corrected chi connectivity index (χ3v) is 4.35. The molecule has 0 spiro atoms. The minimum Gasteiger partial charge on any atom is -0.295 e. The van der Waals surface area contributed by atoms with Gasteiger partial charge in [0.15, 0.2) is 0 Å². The molecule has 1 heterocycles. The Morgan fingerprint density at radius 1 is 1.10 bits per heavy atom. The molecule has 108 valence electrons. The lowest BCUT2D eigenvalue weighted by atomic mass is 10.1. The van der Waals surface area contributed by atoms with Crippen LogP contribution in [0, 0.1) is 13.8 Å². The molecule has 0 radical (unpaired) electrons. The van der Waals surface area contributed by atoms with Gasteiger partial charge in [-0.3, -0.25) is 4.57 Å². The fourth-order valence-electron chi connectivity index (χ4n) is 2.62. The van der Waals surface area contributed by atoms with Gasteiger partial charge in [-0.2, -0.15) is 0 Å². The van der Waals surface area contributed by atoms with Crippen LogP contribution < -0.4 is 0 Å². The molecule has 0 aliphatic carbocycles. The number of halogens is 2. The van der Waals surface area contributed by atoms with Crippen LogP contribution in [0.2, 0.25) is 5.02 Å². The van der Waals surface area contributed by atoms with Gasteiger partial charge in [0, 0.05) is 5.02 Å². The maximum absolute atomic E-state index is 6.36. The molecule has 0 bridgehead atoms. The minimum absolute atomic E-state index is 0.185. The lowest BCUT2D eigenvalue weighted by Crippen LogP contribution is -2.04. The van der Waals surface area contributed by atoms with Gasteiger partial charge in [-0.25, -0.2) is 4.98 Å². The van der Waals surface area contributed by atoms with E-state index in [0.29, 0.717) is 0 Å². The van der Waals surface area contributed by atoms with Crippen LogP contribution in [0.3, 0.4) is 0 Å². The molecule has 0 N–H and O–H groups in total. The molecule has 2 nitrogen and oxygen atoms in total. The summed E-state index contributed by atoms with van der Waals surface area (Å²) in [5.41, 5.74) is 5.24. The first-order valence-corrected chi connectivity index (χ1v) is 7.69. The number of nitrogens with zero attached hydrogens (tertiary/aromatic N) is 2. The molecule has 2 aromatic carbocycles. The van der Waals surface area contributed by atoms with Crippen LogP contribution in [0.4, 0.5) is 0 Å². The second kappa shape index (κ2) is 5.36. The highest BCUT2D eigenvalue weighted by Gasteiger charge is 2.18. The fraction of sp³-hybridized carbons (Fsp3) is 0.235. The number of benzene rings is 2. The van der Waals surface area contributed by atoms with E-state index in [4.69, 9.17) is 28.2 Å². The third kappa shape index (κ3) is 2.33. The lowest BCUT2D eigenvalue weighted by Gasteiger charge is -2.14. The maximum Gasteiger partial charge on any atom is 0.132 e. The van der Waals surface area contributed by atoms with Gasteiger partial charge in [-0.05, 0) is 50.1 Å². The Labute approximate surface area is 134 Å². The van der Waals surface area contributed by atoms with Crippen LogP contribution in [0.15, 0.2) is 36.4 Å². The number of rotatable bonds is 2. The molecule has 0 amide bonds. The van der Waals surface area contributed by atoms with Crippen molar-refractivity contribution in [1.82, 2.24) is 9.55 Å². The zero-order valence-electron chi connectivity index (χ0n) is 12.2. The average Bonchev–Trinajstić information content (AvgIpc) is 2.83. The quantitative estimate of drug-likeness (QED) is 0.563. The van der Waals surface area contributed by atoms with E-state index in [1.807, 2.05) is 38.1 Å². The van der Waals surface area contributed by atoms with Crippen molar-refractivity contribution >= 4 is 34.2 Å². The Balaban J connectivity index is 2.43. The molecule has 0 saturated heterocycles. The summed E-state index contributed by atoms with van der Waals surface area (Å²) >= 11 is 12.6. The molecule has 21 heavy (non-hydrogen) atoms. The standard InChI is InChI=1S/C17H16Cl2N2/c1-10-6-4-9-15-16(10)20-17(12(3)18)21(15)14-8-5-7-13(19)11(14)2/h4-9,12H,1-3H3. The first-order chi connectivity index (χ1) is 10.0. The van der Waals surface area contributed by atoms with Gasteiger partial charge >= 0.3 is 0 Å². The van der Waals surface area contributed by atoms with Crippen LogP contribution in [-0.4, -0.2) is 9.55 Å². The van der Waals surface area contributed by atoms with Crippen LogP contribution in [0.1, 0.15) is 29.3 Å². The van der Waals surface area contributed by atoms with Gasteiger partial charge in [0.05, 0.1) is 22.1 Å². The molecule has 0 fully saturated rings. The smallest absolute Gasteiger partial charge is 0.132 e. The summed E-state index contributed by atoms with van der Waals surface area (Å²) in [7, 11) is 0. The van der Waals surface area contributed by atoms with E-state index in [1.54, 1.807) is 0 Å². The molecule has 0 aliphatic rings. The highest BCUT2D eigenvalue weighted by molar-refractivity contribution is 6.31. The Morgan fingerprint density at radius 2 is 1.81 bits per heavy atom. The number of hydrogen-bond donors (Lipinski definition) is 0. The van der Waals surface area contributed by atoms with Gasteiger partial charge in [0.2, 0.25) is 0 Å². The predicted octanol–water partition coefficient (Wildman–Crippen LogP) is 5.60. The lowest BCUT2D eigenvalue weighted by molar-refractivity contribution is 0.878. The van der Waals surface area contributed by atoms with Gasteiger partial charge in [-0.1, -0.05) is 29.8 Å². The molecule has 3 aromatic rings. The largest absolute Gasteiger partial charge is 0.295 e. The van der Waals surface area contributed by atoms with Crippen molar-refractivity contribution in [3.05, 3.63) is 58.4 Å². The minimum atomic E-state index is -0.185. The number of alkyl halides is 1. The van der Waals surface area contributed by atoms with Crippen LogP contribution >= 0.6 is 23.2 Å². The fourth-order valence-corrected chi connectivity index (χ4v) is 2.93. The normalized spacial score (nSPS) is 12.8. The number of fused-ring (bicyclic) bond motifs is 1. The second-order valence-electron chi connectivity index (χ2n) is 5.25. The van der Waals surface area contributed by atoms with Gasteiger partial charge in [0.25, 0.3) is 0 Å². The number of aryl methyl sites for hydroxylation is 1. The predicted molar refractivity (Wildman–Crippen MR) is 89.8 cm³/mol. The Hall–Kier alpha value is -1.51. The van der Waals surface area contributed by atoms with E-state index in [-0.39, 0.29) is 5.38 Å².